The van der Waals surface area contributed by atoms with Crippen LogP contribution in [0, 0.1) is 0 Å². The Balaban J connectivity index is 1.29. The van der Waals surface area contributed by atoms with Crippen molar-refractivity contribution in [2.75, 3.05) is 32.7 Å². The number of carbonyl (C=O) groups excluding carboxylic acids is 2. The molecular weight excluding hydrogens is 394 g/mol. The number of nitrogens with one attached hydrogen (secondary N) is 2. The Morgan fingerprint density at radius 3 is 2.69 bits per heavy atom. The summed E-state index contributed by atoms with van der Waals surface area (Å²) in [5, 5.41) is 2.87. The highest BCUT2D eigenvalue weighted by atomic mass is 32.2. The van der Waals surface area contributed by atoms with Crippen molar-refractivity contribution in [3.63, 3.8) is 0 Å². The highest BCUT2D eigenvalue weighted by Crippen LogP contribution is 2.22. The molecule has 2 fully saturated rings. The number of amides is 3. The van der Waals surface area contributed by atoms with Crippen molar-refractivity contribution in [1.29, 1.82) is 0 Å². The molecule has 0 unspecified atom stereocenters. The maximum Gasteiger partial charge on any atom is 0.317 e. The summed E-state index contributed by atoms with van der Waals surface area (Å²) in [4.78, 5) is 32.7. The van der Waals surface area contributed by atoms with Gasteiger partial charge in [-0.3, -0.25) is 14.5 Å². The fourth-order valence-corrected chi connectivity index (χ4v) is 5.35. The van der Waals surface area contributed by atoms with Crippen LogP contribution in [0.5, 0.6) is 0 Å². The second kappa shape index (κ2) is 8.02. The van der Waals surface area contributed by atoms with Gasteiger partial charge in [0.25, 0.3) is 10.0 Å². The maximum atomic E-state index is 12.5. The number of amidine groups is 1. The van der Waals surface area contributed by atoms with Crippen LogP contribution in [-0.2, 0) is 14.8 Å². The van der Waals surface area contributed by atoms with E-state index in [9.17, 15) is 18.0 Å². The number of urea groups is 1. The van der Waals surface area contributed by atoms with Crippen molar-refractivity contribution in [2.45, 2.75) is 36.6 Å². The molecule has 1 aromatic rings. The largest absolute Gasteiger partial charge is 0.342 e. The van der Waals surface area contributed by atoms with E-state index in [-0.39, 0.29) is 35.8 Å². The highest BCUT2D eigenvalue weighted by Gasteiger charge is 2.31. The third-order valence-corrected chi connectivity index (χ3v) is 7.03. The van der Waals surface area contributed by atoms with Crippen LogP contribution in [-0.4, -0.2) is 74.8 Å². The fourth-order valence-electron chi connectivity index (χ4n) is 4.10. The van der Waals surface area contributed by atoms with Crippen LogP contribution in [0.25, 0.3) is 0 Å². The third kappa shape index (κ3) is 4.07. The Kier molecular flexibility index (Phi) is 5.44. The van der Waals surface area contributed by atoms with E-state index in [0.717, 1.165) is 32.4 Å². The molecule has 29 heavy (non-hydrogen) atoms. The van der Waals surface area contributed by atoms with Crippen LogP contribution in [0.1, 0.15) is 31.2 Å². The lowest BCUT2D eigenvalue weighted by atomic mass is 10.0. The van der Waals surface area contributed by atoms with Gasteiger partial charge in [-0.25, -0.2) is 13.2 Å². The standard InChI is InChI=1S/C19H25N5O4S/c25-17(23-12-7-14(8-13-23)24-11-3-9-21-19(24)26)6-10-20-18-15-4-1-2-5-16(15)29(27,28)22-18/h1-2,4-5,14H,3,6-13H2,(H,20,22)(H,21,26). The second-order valence-corrected chi connectivity index (χ2v) is 9.12. The van der Waals surface area contributed by atoms with Gasteiger partial charge in [-0.1, -0.05) is 12.1 Å². The van der Waals surface area contributed by atoms with Gasteiger partial charge >= 0.3 is 6.03 Å². The van der Waals surface area contributed by atoms with E-state index in [0.29, 0.717) is 24.5 Å². The quantitative estimate of drug-likeness (QED) is 0.741. The van der Waals surface area contributed by atoms with Gasteiger partial charge < -0.3 is 15.1 Å². The Morgan fingerprint density at radius 1 is 1.17 bits per heavy atom. The van der Waals surface area contributed by atoms with E-state index >= 15 is 0 Å². The molecule has 0 radical (unpaired) electrons. The summed E-state index contributed by atoms with van der Waals surface area (Å²) in [6.45, 7) is 2.98. The van der Waals surface area contributed by atoms with Crippen molar-refractivity contribution in [2.24, 2.45) is 4.99 Å². The number of aliphatic imine (C=N–C) groups is 1. The summed E-state index contributed by atoms with van der Waals surface area (Å²) in [7, 11) is -3.56. The molecule has 0 aliphatic carbocycles. The molecule has 4 rings (SSSR count). The van der Waals surface area contributed by atoms with Gasteiger partial charge in [0.1, 0.15) is 5.84 Å². The molecule has 3 aliphatic heterocycles. The van der Waals surface area contributed by atoms with Gasteiger partial charge in [-0.2, -0.15) is 0 Å². The van der Waals surface area contributed by atoms with Crippen molar-refractivity contribution < 1.29 is 18.0 Å². The molecule has 0 spiro atoms. The number of likely N-dealkylation sites (tertiary alicyclic amines) is 1. The molecule has 10 heteroatoms. The van der Waals surface area contributed by atoms with Crippen LogP contribution < -0.4 is 10.0 Å². The van der Waals surface area contributed by atoms with Gasteiger partial charge in [-0.15, -0.1) is 0 Å². The molecule has 3 heterocycles. The summed E-state index contributed by atoms with van der Waals surface area (Å²) in [6, 6.07) is 6.85. The zero-order valence-electron chi connectivity index (χ0n) is 16.1. The van der Waals surface area contributed by atoms with Gasteiger partial charge in [0.2, 0.25) is 5.91 Å². The molecule has 156 valence electrons. The molecule has 1 aromatic carbocycles. The zero-order valence-corrected chi connectivity index (χ0v) is 17.0. The molecule has 2 N–H and O–H groups in total. The van der Waals surface area contributed by atoms with Crippen LogP contribution in [0.15, 0.2) is 34.2 Å². The summed E-state index contributed by atoms with van der Waals surface area (Å²) < 4.78 is 26.6. The Hall–Kier alpha value is -2.62. The molecule has 3 amide bonds. The lowest BCUT2D eigenvalue weighted by Gasteiger charge is -2.40. The molecule has 0 aromatic heterocycles. The number of piperidine rings is 1. The molecule has 0 saturated carbocycles. The van der Waals surface area contributed by atoms with E-state index in [1.54, 1.807) is 18.2 Å². The summed E-state index contributed by atoms with van der Waals surface area (Å²) >= 11 is 0. The van der Waals surface area contributed by atoms with E-state index in [4.69, 9.17) is 0 Å². The van der Waals surface area contributed by atoms with Crippen molar-refractivity contribution >= 4 is 27.8 Å². The first-order valence-electron chi connectivity index (χ1n) is 9.94. The summed E-state index contributed by atoms with van der Waals surface area (Å²) in [5.41, 5.74) is 0.542. The average molecular weight is 420 g/mol. The SMILES string of the molecule is O=C(CCN=C1NS(=O)(=O)c2ccccc21)N1CCC(N2CCCNC2=O)CC1. The lowest BCUT2D eigenvalue weighted by Crippen LogP contribution is -2.54. The van der Waals surface area contributed by atoms with Crippen LogP contribution in [0.2, 0.25) is 0 Å². The van der Waals surface area contributed by atoms with E-state index in [1.807, 2.05) is 9.80 Å². The van der Waals surface area contributed by atoms with E-state index in [2.05, 4.69) is 15.0 Å². The first-order valence-corrected chi connectivity index (χ1v) is 11.4. The van der Waals surface area contributed by atoms with Gasteiger partial charge in [0, 0.05) is 44.2 Å². The van der Waals surface area contributed by atoms with Gasteiger partial charge in [0.15, 0.2) is 0 Å². The van der Waals surface area contributed by atoms with Crippen molar-refractivity contribution in [3.8, 4) is 0 Å². The molecule has 9 nitrogen and oxygen atoms in total. The summed E-state index contributed by atoms with van der Waals surface area (Å²) in [5.74, 6) is 0.299. The normalized spacial score (nSPS) is 22.9. The van der Waals surface area contributed by atoms with E-state index in [1.165, 1.54) is 6.07 Å². The average Bonchev–Trinajstić information content (AvgIpc) is 2.99. The topological polar surface area (TPSA) is 111 Å². The lowest BCUT2D eigenvalue weighted by molar-refractivity contribution is -0.132. The predicted molar refractivity (Wildman–Crippen MR) is 107 cm³/mol. The van der Waals surface area contributed by atoms with Crippen LogP contribution in [0.3, 0.4) is 0 Å². The third-order valence-electron chi connectivity index (χ3n) is 5.63. The predicted octanol–water partition coefficient (Wildman–Crippen LogP) is 0.521. The first-order chi connectivity index (χ1) is 14.0. The van der Waals surface area contributed by atoms with Crippen LogP contribution >= 0.6 is 0 Å². The number of sulfonamides is 1. The number of nitrogens with zero attached hydrogens (tertiary/aromatic N) is 3. The number of rotatable bonds is 4. The van der Waals surface area contributed by atoms with E-state index < -0.39 is 10.0 Å². The van der Waals surface area contributed by atoms with Crippen LogP contribution in [0.4, 0.5) is 4.79 Å². The minimum Gasteiger partial charge on any atom is -0.342 e. The minimum atomic E-state index is -3.56. The number of fused-ring (bicyclic) bond motifs is 1. The number of carbonyl (C=O) groups is 2. The number of hydrogen-bond acceptors (Lipinski definition) is 5. The second-order valence-electron chi connectivity index (χ2n) is 7.47. The smallest absolute Gasteiger partial charge is 0.317 e. The summed E-state index contributed by atoms with van der Waals surface area (Å²) in [6.07, 6.45) is 2.74. The maximum absolute atomic E-state index is 12.5. The zero-order chi connectivity index (χ0) is 20.4. The Bertz CT molecular complexity index is 938. The number of benzene rings is 1. The van der Waals surface area contributed by atoms with Crippen molar-refractivity contribution in [1.82, 2.24) is 19.8 Å². The Labute approximate surface area is 170 Å². The van der Waals surface area contributed by atoms with Crippen molar-refractivity contribution in [3.05, 3.63) is 29.8 Å². The molecule has 2 saturated heterocycles. The Morgan fingerprint density at radius 2 is 1.93 bits per heavy atom. The molecule has 0 bridgehead atoms. The fraction of sp³-hybridized carbons (Fsp3) is 0.526. The van der Waals surface area contributed by atoms with Gasteiger partial charge in [-0.05, 0) is 31.4 Å². The first kappa shape index (κ1) is 19.7. The molecule has 0 atom stereocenters. The minimum absolute atomic E-state index is 0.00357. The van der Waals surface area contributed by atoms with Gasteiger partial charge in [0.05, 0.1) is 11.4 Å². The molecule has 3 aliphatic rings. The number of hydrogen-bond donors (Lipinski definition) is 2. The molecular formula is C19H25N5O4S. The monoisotopic (exact) mass is 419 g/mol. The highest BCUT2D eigenvalue weighted by molar-refractivity contribution is 7.90.